The van der Waals surface area contributed by atoms with E-state index in [9.17, 15) is 9.59 Å². The molecule has 1 aromatic carbocycles. The zero-order chi connectivity index (χ0) is 18.0. The zero-order valence-corrected chi connectivity index (χ0v) is 15.4. The second-order valence-electron chi connectivity index (χ2n) is 7.38. The Kier molecular flexibility index (Phi) is 5.39. The third kappa shape index (κ3) is 4.19. The Bertz CT molecular complexity index is 631. The van der Waals surface area contributed by atoms with Gasteiger partial charge in [0, 0.05) is 50.9 Å². The smallest absolute Gasteiger partial charge is 0.227 e. The molecule has 136 valence electrons. The first-order valence-corrected chi connectivity index (χ1v) is 8.97. The molecule has 6 nitrogen and oxygen atoms in total. The van der Waals surface area contributed by atoms with Crippen molar-refractivity contribution in [2.75, 3.05) is 51.7 Å². The summed E-state index contributed by atoms with van der Waals surface area (Å²) in [4.78, 5) is 31.1. The molecule has 1 aromatic rings. The van der Waals surface area contributed by atoms with Gasteiger partial charge in [-0.1, -0.05) is 17.7 Å². The van der Waals surface area contributed by atoms with Crippen LogP contribution in [0.2, 0.25) is 0 Å². The Labute approximate surface area is 149 Å². The van der Waals surface area contributed by atoms with E-state index in [1.54, 1.807) is 4.90 Å². The van der Waals surface area contributed by atoms with Crippen molar-refractivity contribution in [3.63, 3.8) is 0 Å². The highest BCUT2D eigenvalue weighted by Gasteiger charge is 2.35. The third-order valence-corrected chi connectivity index (χ3v) is 5.33. The predicted molar refractivity (Wildman–Crippen MR) is 98.6 cm³/mol. The average molecular weight is 344 g/mol. The molecule has 3 rings (SSSR count). The first-order chi connectivity index (χ1) is 11.9. The number of aryl methyl sites for hydroxylation is 1. The molecule has 0 spiro atoms. The second-order valence-corrected chi connectivity index (χ2v) is 7.38. The van der Waals surface area contributed by atoms with Gasteiger partial charge in [-0.25, -0.2) is 0 Å². The molecular formula is C19H28N4O2. The summed E-state index contributed by atoms with van der Waals surface area (Å²) in [5.74, 6) is -0.247. The molecule has 0 saturated carbocycles. The Balaban J connectivity index is 1.54. The average Bonchev–Trinajstić information content (AvgIpc) is 2.98. The lowest BCUT2D eigenvalue weighted by Crippen LogP contribution is -2.54. The van der Waals surface area contributed by atoms with Crippen LogP contribution in [0, 0.1) is 12.8 Å². The molecule has 2 saturated heterocycles. The minimum absolute atomic E-state index is 0.00964. The summed E-state index contributed by atoms with van der Waals surface area (Å²) in [5.41, 5.74) is 2.03. The standard InChI is InChI=1S/C19H28N4O2/c1-14-4-6-16(7-5-14)23-12-15(10-18(23)24)19(25)20-11-17-13-21(2)8-9-22(17)3/h4-7,15,17H,8-13H2,1-3H3,(H,20,25)/t15-,17+/m0/s1. The van der Waals surface area contributed by atoms with Crippen molar-refractivity contribution in [1.82, 2.24) is 15.1 Å². The monoisotopic (exact) mass is 344 g/mol. The summed E-state index contributed by atoms with van der Waals surface area (Å²) < 4.78 is 0. The van der Waals surface area contributed by atoms with Crippen molar-refractivity contribution < 1.29 is 9.59 Å². The third-order valence-electron chi connectivity index (χ3n) is 5.33. The van der Waals surface area contributed by atoms with Crippen LogP contribution in [0.1, 0.15) is 12.0 Å². The molecule has 0 aromatic heterocycles. The summed E-state index contributed by atoms with van der Waals surface area (Å²) in [6, 6.07) is 8.20. The molecule has 2 aliphatic heterocycles. The van der Waals surface area contributed by atoms with Crippen molar-refractivity contribution in [3.05, 3.63) is 29.8 Å². The highest BCUT2D eigenvalue weighted by atomic mass is 16.2. The van der Waals surface area contributed by atoms with Gasteiger partial charge in [0.15, 0.2) is 0 Å². The Morgan fingerprint density at radius 2 is 1.88 bits per heavy atom. The number of hydrogen-bond acceptors (Lipinski definition) is 4. The van der Waals surface area contributed by atoms with Gasteiger partial charge in [-0.15, -0.1) is 0 Å². The van der Waals surface area contributed by atoms with Gasteiger partial charge in [-0.2, -0.15) is 0 Å². The number of nitrogens with zero attached hydrogens (tertiary/aromatic N) is 3. The van der Waals surface area contributed by atoms with Gasteiger partial charge in [0.05, 0.1) is 5.92 Å². The topological polar surface area (TPSA) is 55.9 Å². The normalized spacial score (nSPS) is 25.4. The van der Waals surface area contributed by atoms with Crippen LogP contribution in [-0.2, 0) is 9.59 Å². The first kappa shape index (κ1) is 17.9. The summed E-state index contributed by atoms with van der Waals surface area (Å²) in [6.07, 6.45) is 0.292. The molecule has 0 unspecified atom stereocenters. The van der Waals surface area contributed by atoms with Gasteiger partial charge in [-0.05, 0) is 33.2 Å². The molecule has 2 amide bonds. The van der Waals surface area contributed by atoms with Gasteiger partial charge < -0.3 is 15.1 Å². The highest BCUT2D eigenvalue weighted by Crippen LogP contribution is 2.25. The lowest BCUT2D eigenvalue weighted by molar-refractivity contribution is -0.126. The molecule has 2 fully saturated rings. The number of carbonyl (C=O) groups is 2. The van der Waals surface area contributed by atoms with E-state index in [1.807, 2.05) is 31.2 Å². The number of benzene rings is 1. The van der Waals surface area contributed by atoms with Crippen LogP contribution >= 0.6 is 0 Å². The fourth-order valence-electron chi connectivity index (χ4n) is 3.54. The van der Waals surface area contributed by atoms with Crippen LogP contribution in [0.25, 0.3) is 0 Å². The maximum atomic E-state index is 12.5. The van der Waals surface area contributed by atoms with E-state index >= 15 is 0 Å². The van der Waals surface area contributed by atoms with Gasteiger partial charge in [0.1, 0.15) is 0 Å². The van der Waals surface area contributed by atoms with Crippen LogP contribution < -0.4 is 10.2 Å². The van der Waals surface area contributed by atoms with Crippen molar-refractivity contribution >= 4 is 17.5 Å². The predicted octanol–water partition coefficient (Wildman–Crippen LogP) is 0.710. The van der Waals surface area contributed by atoms with Crippen LogP contribution in [0.5, 0.6) is 0 Å². The van der Waals surface area contributed by atoms with Crippen molar-refractivity contribution in [1.29, 1.82) is 0 Å². The van der Waals surface area contributed by atoms with E-state index in [2.05, 4.69) is 29.2 Å². The molecule has 0 radical (unpaired) electrons. The van der Waals surface area contributed by atoms with E-state index in [4.69, 9.17) is 0 Å². The number of anilines is 1. The number of rotatable bonds is 4. The van der Waals surface area contributed by atoms with E-state index in [0.29, 0.717) is 25.6 Å². The van der Waals surface area contributed by atoms with Crippen LogP contribution in [-0.4, -0.2) is 74.5 Å². The zero-order valence-electron chi connectivity index (χ0n) is 15.4. The van der Waals surface area contributed by atoms with E-state index in [0.717, 1.165) is 30.9 Å². The Morgan fingerprint density at radius 1 is 1.16 bits per heavy atom. The summed E-state index contributed by atoms with van der Waals surface area (Å²) in [5, 5.41) is 3.06. The molecule has 2 atom stereocenters. The van der Waals surface area contributed by atoms with Gasteiger partial charge in [0.25, 0.3) is 0 Å². The quantitative estimate of drug-likeness (QED) is 0.874. The number of nitrogens with one attached hydrogen (secondary N) is 1. The number of amides is 2. The molecular weight excluding hydrogens is 316 g/mol. The molecule has 25 heavy (non-hydrogen) atoms. The molecule has 2 heterocycles. The fourth-order valence-corrected chi connectivity index (χ4v) is 3.54. The van der Waals surface area contributed by atoms with E-state index < -0.39 is 0 Å². The Hall–Kier alpha value is -1.92. The number of hydrogen-bond donors (Lipinski definition) is 1. The lowest BCUT2D eigenvalue weighted by Gasteiger charge is -2.37. The minimum Gasteiger partial charge on any atom is -0.354 e. The fraction of sp³-hybridized carbons (Fsp3) is 0.579. The second kappa shape index (κ2) is 7.54. The van der Waals surface area contributed by atoms with Crippen LogP contribution in [0.3, 0.4) is 0 Å². The van der Waals surface area contributed by atoms with Gasteiger partial charge in [0.2, 0.25) is 11.8 Å². The summed E-state index contributed by atoms with van der Waals surface area (Å²) >= 11 is 0. The van der Waals surface area contributed by atoms with Crippen molar-refractivity contribution in [2.45, 2.75) is 19.4 Å². The SMILES string of the molecule is Cc1ccc(N2C[C@@H](C(=O)NC[C@@H]3CN(C)CCN3C)CC2=O)cc1. The van der Waals surface area contributed by atoms with Crippen molar-refractivity contribution in [3.8, 4) is 0 Å². The molecule has 0 aliphatic carbocycles. The molecule has 0 bridgehead atoms. The number of carbonyl (C=O) groups excluding carboxylic acids is 2. The lowest BCUT2D eigenvalue weighted by atomic mass is 10.1. The van der Waals surface area contributed by atoms with Gasteiger partial charge in [-0.3, -0.25) is 14.5 Å². The maximum Gasteiger partial charge on any atom is 0.227 e. The largest absolute Gasteiger partial charge is 0.354 e. The van der Waals surface area contributed by atoms with E-state index in [1.165, 1.54) is 0 Å². The maximum absolute atomic E-state index is 12.5. The minimum atomic E-state index is -0.263. The first-order valence-electron chi connectivity index (χ1n) is 8.97. The molecule has 1 N–H and O–H groups in total. The van der Waals surface area contributed by atoms with Crippen LogP contribution in [0.4, 0.5) is 5.69 Å². The number of likely N-dealkylation sites (N-methyl/N-ethyl adjacent to an activating group) is 2. The summed E-state index contributed by atoms with van der Waals surface area (Å²) in [7, 11) is 4.21. The van der Waals surface area contributed by atoms with Gasteiger partial charge >= 0.3 is 0 Å². The Morgan fingerprint density at radius 3 is 2.60 bits per heavy atom. The molecule has 6 heteroatoms. The number of piperazine rings is 1. The summed E-state index contributed by atoms with van der Waals surface area (Å²) in [6.45, 7) is 6.15. The van der Waals surface area contributed by atoms with Crippen LogP contribution in [0.15, 0.2) is 24.3 Å². The van der Waals surface area contributed by atoms with E-state index in [-0.39, 0.29) is 17.7 Å². The molecule has 2 aliphatic rings. The highest BCUT2D eigenvalue weighted by molar-refractivity contribution is 6.00. The van der Waals surface area contributed by atoms with Crippen molar-refractivity contribution in [2.24, 2.45) is 5.92 Å².